The van der Waals surface area contributed by atoms with E-state index in [0.29, 0.717) is 18.6 Å². The van der Waals surface area contributed by atoms with Gasteiger partial charge in [-0.3, -0.25) is 14.5 Å². The molecule has 0 aromatic heterocycles. The number of fused-ring (bicyclic) bond motifs is 5. The Kier molecular flexibility index (Phi) is 16.2. The number of ether oxygens (including phenoxy) is 1. The molecule has 4 fully saturated rings. The summed E-state index contributed by atoms with van der Waals surface area (Å²) in [5.41, 5.74) is 17.0. The van der Waals surface area contributed by atoms with Crippen molar-refractivity contribution in [3.8, 4) is 0 Å². The van der Waals surface area contributed by atoms with Gasteiger partial charge in [-0.05, 0) is 97.7 Å². The Morgan fingerprint density at radius 2 is 1.56 bits per heavy atom. The van der Waals surface area contributed by atoms with Crippen molar-refractivity contribution in [2.24, 2.45) is 46.3 Å². The molecule has 0 aromatic carbocycles. The fourth-order valence-electron chi connectivity index (χ4n) is 10.9. The molecule has 0 aliphatic heterocycles. The first-order valence-corrected chi connectivity index (χ1v) is 19.1. The van der Waals surface area contributed by atoms with Crippen LogP contribution in [0.1, 0.15) is 131 Å². The Labute approximate surface area is 306 Å². The van der Waals surface area contributed by atoms with Crippen molar-refractivity contribution in [1.82, 2.24) is 4.90 Å². The SMILES string of the molecule is CC(C)CCC[C@@H](C)[C@H]1CCC2C3CC=C4C[C@@H](OCCN(CC(=O)O)CC(=O)O)CC[C@]4(C)C3CC[C@@]21C.[NH-][C@@H]1CCCC[C@H]1[NH-].[Pt]. The summed E-state index contributed by atoms with van der Waals surface area (Å²) in [6.07, 6.45) is 21.1. The van der Waals surface area contributed by atoms with Crippen LogP contribution in [0.15, 0.2) is 11.6 Å². The normalized spacial score (nSPS) is 36.4. The average Bonchev–Trinajstić information content (AvgIpc) is 3.35. The van der Waals surface area contributed by atoms with Gasteiger partial charge in [-0.2, -0.15) is 12.1 Å². The van der Waals surface area contributed by atoms with Crippen LogP contribution in [0.4, 0.5) is 0 Å². The predicted molar refractivity (Wildman–Crippen MR) is 189 cm³/mol. The van der Waals surface area contributed by atoms with Gasteiger partial charge in [-0.25, -0.2) is 0 Å². The van der Waals surface area contributed by atoms with E-state index < -0.39 is 11.9 Å². The minimum atomic E-state index is -1.01. The first-order chi connectivity index (χ1) is 22.2. The molecule has 5 rings (SSSR count). The third-order valence-electron chi connectivity index (χ3n) is 13.5. The second kappa shape index (κ2) is 18.6. The third-order valence-corrected chi connectivity index (χ3v) is 13.5. The molecule has 0 aromatic rings. The smallest absolute Gasteiger partial charge is 0.317 e. The van der Waals surface area contributed by atoms with Crippen molar-refractivity contribution in [3.05, 3.63) is 23.1 Å². The summed E-state index contributed by atoms with van der Waals surface area (Å²) in [7, 11) is 0. The van der Waals surface area contributed by atoms with E-state index in [0.717, 1.165) is 67.6 Å². The van der Waals surface area contributed by atoms with E-state index in [1.165, 1.54) is 69.1 Å². The maximum absolute atomic E-state index is 11.1. The summed E-state index contributed by atoms with van der Waals surface area (Å²) in [5.74, 6) is 3.00. The molecule has 280 valence electrons. The van der Waals surface area contributed by atoms with Crippen molar-refractivity contribution < 1.29 is 45.6 Å². The monoisotopic (exact) mass is 852 g/mol. The molecule has 5 aliphatic carbocycles. The molecule has 4 saturated carbocycles. The zero-order chi connectivity index (χ0) is 34.4. The van der Waals surface area contributed by atoms with E-state index in [4.69, 9.17) is 26.4 Å². The number of hydrogen-bond donors (Lipinski definition) is 2. The Bertz CT molecular complexity index is 1050. The number of aliphatic carboxylic acids is 2. The van der Waals surface area contributed by atoms with E-state index in [2.05, 4.69) is 40.7 Å². The second-order valence-electron chi connectivity index (χ2n) is 17.0. The van der Waals surface area contributed by atoms with Gasteiger partial charge < -0.3 is 26.4 Å². The van der Waals surface area contributed by atoms with Crippen LogP contribution in [0.2, 0.25) is 0 Å². The van der Waals surface area contributed by atoms with Crippen molar-refractivity contribution in [3.63, 3.8) is 0 Å². The van der Waals surface area contributed by atoms with Gasteiger partial charge in [0, 0.05) is 27.6 Å². The standard InChI is InChI=1S/C33H55NO5.C6H12N2.Pt/c1-22(2)7-6-8-23(3)27-11-12-28-26-10-9-24-19-25(39-18-17-34(20-30(35)36)21-31(37)38)13-15-32(24,4)29(26)14-16-33(27,28)5;7-5-3-1-2-4-6(5)8;/h9,22-23,25-29H,6-8,10-21H2,1-5H3,(H,35,36)(H,37,38);5-8H,1-4H2;/q;-2;/t23-,25+,26?,27-,28?,29?,32+,33-;5-,6-;/m11./s1. The number of carboxylic acids is 2. The Morgan fingerprint density at radius 3 is 2.15 bits per heavy atom. The van der Waals surface area contributed by atoms with Crippen LogP contribution in [-0.4, -0.2) is 71.5 Å². The van der Waals surface area contributed by atoms with Crippen molar-refractivity contribution in [1.29, 1.82) is 0 Å². The van der Waals surface area contributed by atoms with Crippen LogP contribution < -0.4 is 0 Å². The van der Waals surface area contributed by atoms with E-state index in [1.54, 1.807) is 5.57 Å². The molecule has 0 heterocycles. The molecule has 0 saturated heterocycles. The number of rotatable bonds is 13. The quantitative estimate of drug-likeness (QED) is 0.178. The average molecular weight is 853 g/mol. The van der Waals surface area contributed by atoms with Crippen LogP contribution in [0, 0.1) is 46.3 Å². The molecular weight excluding hydrogens is 786 g/mol. The maximum Gasteiger partial charge on any atom is 0.317 e. The van der Waals surface area contributed by atoms with E-state index in [9.17, 15) is 9.59 Å². The molecule has 8 nitrogen and oxygen atoms in total. The predicted octanol–water partition coefficient (Wildman–Crippen LogP) is 9.28. The van der Waals surface area contributed by atoms with Gasteiger partial charge in [-0.15, -0.1) is 0 Å². The number of carboxylic acid groups (broad SMARTS) is 2. The number of carbonyl (C=O) groups is 2. The van der Waals surface area contributed by atoms with Gasteiger partial charge in [0.05, 0.1) is 25.8 Å². The Hall–Kier alpha value is -0.792. The van der Waals surface area contributed by atoms with Crippen LogP contribution in [-0.2, 0) is 35.4 Å². The maximum atomic E-state index is 11.1. The second-order valence-corrected chi connectivity index (χ2v) is 17.0. The molecule has 0 bridgehead atoms. The van der Waals surface area contributed by atoms with Crippen LogP contribution in [0.3, 0.4) is 0 Å². The number of nitrogens with zero attached hydrogens (tertiary/aromatic N) is 1. The van der Waals surface area contributed by atoms with E-state index >= 15 is 0 Å². The summed E-state index contributed by atoms with van der Waals surface area (Å²) >= 11 is 0. The third kappa shape index (κ3) is 10.4. The fourth-order valence-corrected chi connectivity index (χ4v) is 10.9. The van der Waals surface area contributed by atoms with E-state index in [-0.39, 0.29) is 57.8 Å². The molecule has 9 heteroatoms. The summed E-state index contributed by atoms with van der Waals surface area (Å²) in [6.45, 7) is 12.6. The molecule has 0 amide bonds. The molecule has 4 N–H and O–H groups in total. The zero-order valence-electron chi connectivity index (χ0n) is 30.6. The molecule has 3 unspecified atom stereocenters. The van der Waals surface area contributed by atoms with Crippen LogP contribution >= 0.6 is 0 Å². The topological polar surface area (TPSA) is 135 Å². The van der Waals surface area contributed by atoms with Gasteiger partial charge in [0.1, 0.15) is 0 Å². The molecule has 10 atom stereocenters. The first-order valence-electron chi connectivity index (χ1n) is 19.1. The molecular formula is C39H67N3O5Pt-2. The van der Waals surface area contributed by atoms with Gasteiger partial charge in [-0.1, -0.05) is 91.2 Å². The first kappa shape index (κ1) is 41.6. The van der Waals surface area contributed by atoms with E-state index in [1.807, 2.05) is 0 Å². The number of hydrogen-bond acceptors (Lipinski definition) is 4. The minimum Gasteiger partial charge on any atom is -0.676 e. The van der Waals surface area contributed by atoms with Gasteiger partial charge in [0.2, 0.25) is 0 Å². The fraction of sp³-hybridized carbons (Fsp3) is 0.897. The molecule has 5 aliphatic rings. The number of allylic oxidation sites excluding steroid dienone is 1. The minimum absolute atomic E-state index is 0. The Morgan fingerprint density at radius 1 is 0.917 bits per heavy atom. The van der Waals surface area contributed by atoms with Crippen LogP contribution in [0.5, 0.6) is 0 Å². The van der Waals surface area contributed by atoms with Crippen molar-refractivity contribution >= 4 is 11.9 Å². The van der Waals surface area contributed by atoms with Gasteiger partial charge in [0.15, 0.2) is 0 Å². The van der Waals surface area contributed by atoms with Crippen molar-refractivity contribution in [2.45, 2.75) is 149 Å². The zero-order valence-corrected chi connectivity index (χ0v) is 32.9. The van der Waals surface area contributed by atoms with Gasteiger partial charge in [0.25, 0.3) is 0 Å². The largest absolute Gasteiger partial charge is 0.676 e. The summed E-state index contributed by atoms with van der Waals surface area (Å²) in [6, 6.07) is -0.160. The Balaban J connectivity index is 0.000000608. The summed E-state index contributed by atoms with van der Waals surface area (Å²) < 4.78 is 6.21. The van der Waals surface area contributed by atoms with Gasteiger partial charge >= 0.3 is 11.9 Å². The van der Waals surface area contributed by atoms with Crippen molar-refractivity contribution in [2.75, 3.05) is 26.2 Å². The molecule has 0 spiro atoms. The summed E-state index contributed by atoms with van der Waals surface area (Å²) in [5, 5.41) is 18.2. The molecule has 0 radical (unpaired) electrons. The van der Waals surface area contributed by atoms with Crippen LogP contribution in [0.25, 0.3) is 11.5 Å². The summed E-state index contributed by atoms with van der Waals surface area (Å²) in [4.78, 5) is 23.6. The number of nitrogens with one attached hydrogen (secondary N) is 2. The molecule has 48 heavy (non-hydrogen) atoms.